The first kappa shape index (κ1) is 15.0. The minimum Gasteiger partial charge on any atom is -0.376 e. The zero-order valence-electron chi connectivity index (χ0n) is 12.1. The monoisotopic (exact) mass is 325 g/mol. The van der Waals surface area contributed by atoms with Gasteiger partial charge in [-0.1, -0.05) is 28.9 Å². The summed E-state index contributed by atoms with van der Waals surface area (Å²) in [5, 5.41) is 3.62. The molecule has 1 fully saturated rings. The van der Waals surface area contributed by atoms with Gasteiger partial charge in [0.2, 0.25) is 0 Å². The van der Waals surface area contributed by atoms with Gasteiger partial charge < -0.3 is 10.1 Å². The van der Waals surface area contributed by atoms with Gasteiger partial charge in [-0.15, -0.1) is 0 Å². The van der Waals surface area contributed by atoms with Crippen molar-refractivity contribution in [1.29, 1.82) is 0 Å². The molecule has 2 unspecified atom stereocenters. The summed E-state index contributed by atoms with van der Waals surface area (Å²) >= 11 is 3.61. The van der Waals surface area contributed by atoms with E-state index in [-0.39, 0.29) is 0 Å². The van der Waals surface area contributed by atoms with Crippen LogP contribution in [0.2, 0.25) is 0 Å². The van der Waals surface area contributed by atoms with Crippen molar-refractivity contribution in [2.24, 2.45) is 0 Å². The van der Waals surface area contributed by atoms with Crippen LogP contribution in [-0.4, -0.2) is 19.3 Å². The van der Waals surface area contributed by atoms with E-state index >= 15 is 0 Å². The first-order valence-electron chi connectivity index (χ1n) is 7.25. The molecule has 1 aliphatic rings. The summed E-state index contributed by atoms with van der Waals surface area (Å²) < 4.78 is 7.19. The van der Waals surface area contributed by atoms with E-state index in [0.717, 1.165) is 19.6 Å². The van der Waals surface area contributed by atoms with E-state index in [2.05, 4.69) is 54.2 Å². The van der Waals surface area contributed by atoms with E-state index in [1.54, 1.807) is 0 Å². The Balaban J connectivity index is 2.29. The van der Waals surface area contributed by atoms with Crippen molar-refractivity contribution in [3.63, 3.8) is 0 Å². The van der Waals surface area contributed by atoms with E-state index in [0.29, 0.717) is 12.1 Å². The fraction of sp³-hybridized carbons (Fsp3) is 0.625. The number of rotatable bonds is 4. The average Bonchev–Trinajstić information content (AvgIpc) is 2.42. The van der Waals surface area contributed by atoms with Crippen molar-refractivity contribution in [2.45, 2.75) is 52.2 Å². The topological polar surface area (TPSA) is 21.3 Å². The van der Waals surface area contributed by atoms with Crippen molar-refractivity contribution >= 4 is 15.9 Å². The Morgan fingerprint density at radius 2 is 2.11 bits per heavy atom. The van der Waals surface area contributed by atoms with Gasteiger partial charge in [0.15, 0.2) is 0 Å². The van der Waals surface area contributed by atoms with Crippen molar-refractivity contribution in [2.75, 3.05) is 13.2 Å². The minimum atomic E-state index is 0.313. The van der Waals surface area contributed by atoms with Crippen LogP contribution in [0, 0.1) is 13.8 Å². The Morgan fingerprint density at radius 1 is 1.32 bits per heavy atom. The number of aryl methyl sites for hydroxylation is 2. The highest BCUT2D eigenvalue weighted by atomic mass is 79.9. The van der Waals surface area contributed by atoms with Crippen molar-refractivity contribution < 1.29 is 4.74 Å². The maximum Gasteiger partial charge on any atom is 0.0769 e. The first-order valence-corrected chi connectivity index (χ1v) is 8.04. The number of likely N-dealkylation sites (N-methyl/N-ethyl adjacent to an activating group) is 1. The van der Waals surface area contributed by atoms with E-state index in [9.17, 15) is 0 Å². The smallest absolute Gasteiger partial charge is 0.0769 e. The Bertz CT molecular complexity index is 427. The van der Waals surface area contributed by atoms with Crippen molar-refractivity contribution in [3.8, 4) is 0 Å². The van der Waals surface area contributed by atoms with E-state index in [1.165, 1.54) is 34.0 Å². The Morgan fingerprint density at radius 3 is 2.74 bits per heavy atom. The van der Waals surface area contributed by atoms with Crippen LogP contribution in [-0.2, 0) is 4.74 Å². The van der Waals surface area contributed by atoms with Crippen LogP contribution in [0.25, 0.3) is 0 Å². The van der Waals surface area contributed by atoms with Crippen LogP contribution in [0.5, 0.6) is 0 Å². The highest BCUT2D eigenvalue weighted by Crippen LogP contribution is 2.31. The van der Waals surface area contributed by atoms with Crippen LogP contribution >= 0.6 is 15.9 Å². The quantitative estimate of drug-likeness (QED) is 0.891. The molecule has 0 aromatic heterocycles. The molecule has 2 atom stereocenters. The Hall–Kier alpha value is -0.380. The second-order valence-corrected chi connectivity index (χ2v) is 6.25. The number of nitrogens with one attached hydrogen (secondary N) is 1. The van der Waals surface area contributed by atoms with Gasteiger partial charge in [-0.25, -0.2) is 0 Å². The molecule has 2 rings (SSSR count). The van der Waals surface area contributed by atoms with Crippen LogP contribution < -0.4 is 5.32 Å². The standard InChI is InChI=1S/C16H24BrNO/c1-4-18-16(15-7-5-6-8-19-15)13-9-12(3)14(17)10-11(13)2/h9-10,15-16,18H,4-8H2,1-3H3. The van der Waals surface area contributed by atoms with E-state index in [4.69, 9.17) is 4.74 Å². The molecular formula is C16H24BrNO. The second-order valence-electron chi connectivity index (χ2n) is 5.40. The van der Waals surface area contributed by atoms with Crippen LogP contribution in [0.3, 0.4) is 0 Å². The normalized spacial score (nSPS) is 21.4. The van der Waals surface area contributed by atoms with Crippen molar-refractivity contribution in [1.82, 2.24) is 5.32 Å². The van der Waals surface area contributed by atoms with Crippen LogP contribution in [0.4, 0.5) is 0 Å². The third kappa shape index (κ3) is 3.59. The van der Waals surface area contributed by atoms with Gasteiger partial charge in [0.1, 0.15) is 0 Å². The first-order chi connectivity index (χ1) is 9.13. The molecule has 1 N–H and O–H groups in total. The van der Waals surface area contributed by atoms with Crippen LogP contribution in [0.1, 0.15) is 48.9 Å². The number of hydrogen-bond acceptors (Lipinski definition) is 2. The number of benzene rings is 1. The predicted octanol–water partition coefficient (Wildman–Crippen LogP) is 4.29. The fourth-order valence-corrected chi connectivity index (χ4v) is 3.29. The van der Waals surface area contributed by atoms with Gasteiger partial charge in [0, 0.05) is 11.1 Å². The lowest BCUT2D eigenvalue weighted by molar-refractivity contribution is -0.00800. The molecule has 0 radical (unpaired) electrons. The van der Waals surface area contributed by atoms with Crippen LogP contribution in [0.15, 0.2) is 16.6 Å². The average molecular weight is 326 g/mol. The lowest BCUT2D eigenvalue weighted by Gasteiger charge is -2.32. The molecule has 0 bridgehead atoms. The van der Waals surface area contributed by atoms with Gasteiger partial charge in [-0.2, -0.15) is 0 Å². The summed E-state index contributed by atoms with van der Waals surface area (Å²) in [6.07, 6.45) is 3.95. The molecular weight excluding hydrogens is 302 g/mol. The zero-order valence-corrected chi connectivity index (χ0v) is 13.7. The third-order valence-corrected chi connectivity index (χ3v) is 4.75. The summed E-state index contributed by atoms with van der Waals surface area (Å²) in [6.45, 7) is 8.38. The molecule has 1 aliphatic heterocycles. The zero-order chi connectivity index (χ0) is 13.8. The van der Waals surface area contributed by atoms with Gasteiger partial charge in [0.25, 0.3) is 0 Å². The highest BCUT2D eigenvalue weighted by Gasteiger charge is 2.26. The molecule has 0 saturated carbocycles. The lowest BCUT2D eigenvalue weighted by Crippen LogP contribution is -2.36. The van der Waals surface area contributed by atoms with Gasteiger partial charge in [-0.3, -0.25) is 0 Å². The third-order valence-electron chi connectivity index (χ3n) is 3.89. The summed E-state index contributed by atoms with van der Waals surface area (Å²) in [4.78, 5) is 0. The van der Waals surface area contributed by atoms with Gasteiger partial charge in [0.05, 0.1) is 12.1 Å². The molecule has 2 nitrogen and oxygen atoms in total. The number of halogens is 1. The number of ether oxygens (including phenoxy) is 1. The Labute approximate surface area is 125 Å². The summed E-state index contributed by atoms with van der Waals surface area (Å²) in [7, 11) is 0. The molecule has 3 heteroatoms. The molecule has 0 aliphatic carbocycles. The highest BCUT2D eigenvalue weighted by molar-refractivity contribution is 9.10. The minimum absolute atomic E-state index is 0.313. The maximum absolute atomic E-state index is 6.00. The summed E-state index contributed by atoms with van der Waals surface area (Å²) in [5.74, 6) is 0. The predicted molar refractivity (Wildman–Crippen MR) is 83.6 cm³/mol. The molecule has 1 aromatic carbocycles. The van der Waals surface area contributed by atoms with Gasteiger partial charge in [-0.05, 0) is 62.4 Å². The Kier molecular flexibility index (Phi) is 5.43. The molecule has 1 saturated heterocycles. The van der Waals surface area contributed by atoms with E-state index < -0.39 is 0 Å². The number of hydrogen-bond donors (Lipinski definition) is 1. The van der Waals surface area contributed by atoms with Gasteiger partial charge >= 0.3 is 0 Å². The molecule has 1 heterocycles. The second kappa shape index (κ2) is 6.87. The summed E-state index contributed by atoms with van der Waals surface area (Å²) in [6, 6.07) is 4.83. The lowest BCUT2D eigenvalue weighted by atomic mass is 9.91. The van der Waals surface area contributed by atoms with Crippen molar-refractivity contribution in [3.05, 3.63) is 33.3 Å². The molecule has 0 spiro atoms. The molecule has 19 heavy (non-hydrogen) atoms. The molecule has 0 amide bonds. The fourth-order valence-electron chi connectivity index (χ4n) is 2.83. The summed E-state index contributed by atoms with van der Waals surface area (Å²) in [5.41, 5.74) is 4.01. The largest absolute Gasteiger partial charge is 0.376 e. The van der Waals surface area contributed by atoms with E-state index in [1.807, 2.05) is 0 Å². The SMILES string of the molecule is CCNC(c1cc(C)c(Br)cc1C)C1CCCCO1. The molecule has 106 valence electrons. The maximum atomic E-state index is 6.00. The molecule has 1 aromatic rings.